The van der Waals surface area contributed by atoms with Gasteiger partial charge in [-0.25, -0.2) is 0 Å². The molecule has 1 saturated heterocycles. The molecule has 5 nitrogen and oxygen atoms in total. The largest absolute Gasteiger partial charge is 0.394 e. The van der Waals surface area contributed by atoms with Crippen LogP contribution in [0.5, 0.6) is 0 Å². The molecule has 0 aromatic heterocycles. The van der Waals surface area contributed by atoms with E-state index in [1.54, 1.807) is 17.0 Å². The van der Waals surface area contributed by atoms with Crippen molar-refractivity contribution in [2.45, 2.75) is 25.8 Å². The fourth-order valence-electron chi connectivity index (χ4n) is 3.64. The van der Waals surface area contributed by atoms with Crippen LogP contribution in [0.3, 0.4) is 0 Å². The summed E-state index contributed by atoms with van der Waals surface area (Å²) in [5.41, 5.74) is 1.13. The van der Waals surface area contributed by atoms with Crippen LogP contribution in [-0.2, 0) is 16.0 Å². The van der Waals surface area contributed by atoms with Crippen LogP contribution < -0.4 is 5.32 Å². The molecule has 0 bridgehead atoms. The van der Waals surface area contributed by atoms with Gasteiger partial charge in [-0.15, -0.1) is 0 Å². The van der Waals surface area contributed by atoms with Gasteiger partial charge in [0, 0.05) is 24.5 Å². The fourth-order valence-corrected chi connectivity index (χ4v) is 3.77. The first kappa shape index (κ1) is 20.4. The minimum Gasteiger partial charge on any atom is -0.394 e. The summed E-state index contributed by atoms with van der Waals surface area (Å²) < 4.78 is 0. The number of hydrogen-bond acceptors (Lipinski definition) is 3. The molecule has 0 saturated carbocycles. The Balaban J connectivity index is 1.79. The lowest BCUT2D eigenvalue weighted by Gasteiger charge is -2.49. The van der Waals surface area contributed by atoms with Gasteiger partial charge in [-0.3, -0.25) is 9.59 Å². The quantitative estimate of drug-likeness (QED) is 0.750. The van der Waals surface area contributed by atoms with Gasteiger partial charge in [0.2, 0.25) is 11.8 Å². The number of halogens is 1. The van der Waals surface area contributed by atoms with Crippen molar-refractivity contribution < 1.29 is 14.7 Å². The fraction of sp³-hybridized carbons (Fsp3) is 0.364. The van der Waals surface area contributed by atoms with Crippen LogP contribution >= 0.6 is 11.6 Å². The summed E-state index contributed by atoms with van der Waals surface area (Å²) in [5.74, 6) is -0.105. The van der Waals surface area contributed by atoms with E-state index >= 15 is 0 Å². The van der Waals surface area contributed by atoms with Gasteiger partial charge in [0.05, 0.1) is 18.1 Å². The van der Waals surface area contributed by atoms with E-state index in [9.17, 15) is 14.7 Å². The number of hydrogen-bond donors (Lipinski definition) is 2. The SMILES string of the molecule is CCC(=O)N1CC(Cc2ccc(Cl)cc2)(C(=O)N[C@@H](CO)c2ccccc2)C1. The smallest absolute Gasteiger partial charge is 0.230 e. The van der Waals surface area contributed by atoms with E-state index in [1.165, 1.54) is 0 Å². The lowest BCUT2D eigenvalue weighted by molar-refractivity contribution is -0.154. The molecule has 0 spiro atoms. The molecule has 1 atom stereocenters. The van der Waals surface area contributed by atoms with E-state index in [0.717, 1.165) is 11.1 Å². The number of nitrogens with zero attached hydrogens (tertiary/aromatic N) is 1. The highest BCUT2D eigenvalue weighted by molar-refractivity contribution is 6.30. The Kier molecular flexibility index (Phi) is 6.37. The zero-order chi connectivity index (χ0) is 20.1. The Morgan fingerprint density at radius 2 is 1.79 bits per heavy atom. The number of rotatable bonds is 7. The van der Waals surface area contributed by atoms with Crippen molar-refractivity contribution in [1.82, 2.24) is 10.2 Å². The van der Waals surface area contributed by atoms with Crippen molar-refractivity contribution in [1.29, 1.82) is 0 Å². The first-order valence-corrected chi connectivity index (χ1v) is 9.84. The molecule has 2 N–H and O–H groups in total. The highest BCUT2D eigenvalue weighted by Gasteiger charge is 2.50. The first-order chi connectivity index (χ1) is 13.5. The number of amides is 2. The number of aliphatic hydroxyl groups excluding tert-OH is 1. The second kappa shape index (κ2) is 8.76. The minimum atomic E-state index is -0.707. The third-order valence-electron chi connectivity index (χ3n) is 5.27. The van der Waals surface area contributed by atoms with Crippen LogP contribution in [0.2, 0.25) is 5.02 Å². The highest BCUT2D eigenvalue weighted by Crippen LogP contribution is 2.36. The number of carbonyl (C=O) groups excluding carboxylic acids is 2. The predicted molar refractivity (Wildman–Crippen MR) is 109 cm³/mol. The maximum Gasteiger partial charge on any atom is 0.230 e. The molecule has 1 fully saturated rings. The molecular weight excluding hydrogens is 376 g/mol. The molecule has 0 unspecified atom stereocenters. The van der Waals surface area contributed by atoms with E-state index in [0.29, 0.717) is 31.0 Å². The summed E-state index contributed by atoms with van der Waals surface area (Å²) in [6, 6.07) is 16.3. The van der Waals surface area contributed by atoms with E-state index in [1.807, 2.05) is 49.4 Å². The van der Waals surface area contributed by atoms with Crippen LogP contribution in [0.15, 0.2) is 54.6 Å². The van der Waals surface area contributed by atoms with Crippen molar-refractivity contribution in [3.63, 3.8) is 0 Å². The molecule has 2 aromatic carbocycles. The van der Waals surface area contributed by atoms with Gasteiger partial charge in [0.1, 0.15) is 0 Å². The van der Waals surface area contributed by atoms with Crippen molar-refractivity contribution in [2.24, 2.45) is 5.41 Å². The van der Waals surface area contributed by atoms with E-state index < -0.39 is 11.5 Å². The number of likely N-dealkylation sites (tertiary alicyclic amines) is 1. The van der Waals surface area contributed by atoms with Crippen LogP contribution in [0, 0.1) is 5.41 Å². The molecule has 1 heterocycles. The monoisotopic (exact) mass is 400 g/mol. The second-order valence-electron chi connectivity index (χ2n) is 7.31. The van der Waals surface area contributed by atoms with Gasteiger partial charge in [0.25, 0.3) is 0 Å². The summed E-state index contributed by atoms with van der Waals surface area (Å²) >= 11 is 5.97. The van der Waals surface area contributed by atoms with Crippen molar-refractivity contribution in [3.05, 3.63) is 70.7 Å². The summed E-state index contributed by atoms with van der Waals surface area (Å²) in [5, 5.41) is 13.4. The standard InChI is InChI=1S/C22H25ClN2O3/c1-2-20(27)25-14-22(15-25,12-16-8-10-18(23)11-9-16)21(28)24-19(13-26)17-6-4-3-5-7-17/h3-11,19,26H,2,12-15H2,1H3,(H,24,28)/t19-/m0/s1. The Labute approximate surface area is 170 Å². The summed E-state index contributed by atoms with van der Waals surface area (Å²) in [7, 11) is 0. The minimum absolute atomic E-state index is 0.0429. The molecule has 1 aliphatic heterocycles. The average Bonchev–Trinajstić information content (AvgIpc) is 2.70. The van der Waals surface area contributed by atoms with Gasteiger partial charge >= 0.3 is 0 Å². The summed E-state index contributed by atoms with van der Waals surface area (Å²) in [6.45, 7) is 2.38. The van der Waals surface area contributed by atoms with Crippen LogP contribution in [0.1, 0.15) is 30.5 Å². The number of carbonyl (C=O) groups is 2. The topological polar surface area (TPSA) is 69.6 Å². The molecule has 2 amide bonds. The molecule has 3 rings (SSSR count). The maximum absolute atomic E-state index is 13.2. The van der Waals surface area contributed by atoms with Gasteiger partial charge in [-0.2, -0.15) is 0 Å². The maximum atomic E-state index is 13.2. The van der Waals surface area contributed by atoms with Crippen LogP contribution in [0.4, 0.5) is 0 Å². The van der Waals surface area contributed by atoms with Crippen molar-refractivity contribution >= 4 is 23.4 Å². The molecular formula is C22H25ClN2O3. The molecule has 0 aliphatic carbocycles. The third-order valence-corrected chi connectivity index (χ3v) is 5.52. The summed E-state index contributed by atoms with van der Waals surface area (Å²) in [6.07, 6.45) is 0.929. The van der Waals surface area contributed by atoms with Crippen molar-refractivity contribution in [2.75, 3.05) is 19.7 Å². The number of nitrogens with one attached hydrogen (secondary N) is 1. The molecule has 1 aliphatic rings. The second-order valence-corrected chi connectivity index (χ2v) is 7.74. The zero-order valence-electron chi connectivity index (χ0n) is 15.9. The zero-order valence-corrected chi connectivity index (χ0v) is 16.7. The Hall–Kier alpha value is -2.37. The predicted octanol–water partition coefficient (Wildman–Crippen LogP) is 2.97. The first-order valence-electron chi connectivity index (χ1n) is 9.46. The number of aliphatic hydroxyl groups is 1. The van der Waals surface area contributed by atoms with Crippen LogP contribution in [-0.4, -0.2) is 41.5 Å². The van der Waals surface area contributed by atoms with Gasteiger partial charge in [-0.1, -0.05) is 61.0 Å². The molecule has 28 heavy (non-hydrogen) atoms. The third kappa shape index (κ3) is 4.37. The van der Waals surface area contributed by atoms with Gasteiger partial charge in [-0.05, 0) is 29.7 Å². The Morgan fingerprint density at radius 1 is 1.14 bits per heavy atom. The number of benzene rings is 2. The van der Waals surface area contributed by atoms with Gasteiger partial charge in [0.15, 0.2) is 0 Å². The van der Waals surface area contributed by atoms with E-state index in [2.05, 4.69) is 5.32 Å². The average molecular weight is 401 g/mol. The molecule has 6 heteroatoms. The molecule has 148 valence electrons. The van der Waals surface area contributed by atoms with E-state index in [4.69, 9.17) is 11.6 Å². The summed E-state index contributed by atoms with van der Waals surface area (Å²) in [4.78, 5) is 27.0. The normalized spacial score (nSPS) is 16.2. The highest BCUT2D eigenvalue weighted by atomic mass is 35.5. The molecule has 0 radical (unpaired) electrons. The lowest BCUT2D eigenvalue weighted by Crippen LogP contribution is -2.65. The van der Waals surface area contributed by atoms with Gasteiger partial charge < -0.3 is 15.3 Å². The Morgan fingerprint density at radius 3 is 2.36 bits per heavy atom. The molecule has 2 aromatic rings. The Bertz CT molecular complexity index is 817. The van der Waals surface area contributed by atoms with Crippen molar-refractivity contribution in [3.8, 4) is 0 Å². The lowest BCUT2D eigenvalue weighted by atomic mass is 9.73. The van der Waals surface area contributed by atoms with Crippen LogP contribution in [0.25, 0.3) is 0 Å². The van der Waals surface area contributed by atoms with E-state index in [-0.39, 0.29) is 18.4 Å².